The van der Waals surface area contributed by atoms with Crippen LogP contribution in [0.15, 0.2) is 60.9 Å². The van der Waals surface area contributed by atoms with E-state index in [4.69, 9.17) is 0 Å². The lowest BCUT2D eigenvalue weighted by molar-refractivity contribution is -0.114. The monoisotopic (exact) mass is 330 g/mol. The molecule has 0 unspecified atom stereocenters. The maximum Gasteiger partial charge on any atom is 0.283 e. The molecule has 0 fully saturated rings. The SMILES string of the molecule is C=C(F)C(=O)Nc1ccc(C(=O)N[C@@H](C)c2ccc(F)cc2)cc1. The van der Waals surface area contributed by atoms with Gasteiger partial charge in [-0.25, -0.2) is 8.78 Å². The van der Waals surface area contributed by atoms with Gasteiger partial charge in [0.2, 0.25) is 0 Å². The summed E-state index contributed by atoms with van der Waals surface area (Å²) in [6.45, 7) is 4.68. The van der Waals surface area contributed by atoms with Crippen molar-refractivity contribution in [1.29, 1.82) is 0 Å². The zero-order valence-electron chi connectivity index (χ0n) is 13.0. The number of anilines is 1. The molecule has 124 valence electrons. The Balaban J connectivity index is 2.00. The van der Waals surface area contributed by atoms with E-state index in [1.165, 1.54) is 36.4 Å². The highest BCUT2D eigenvalue weighted by molar-refractivity contribution is 6.02. The fourth-order valence-corrected chi connectivity index (χ4v) is 2.02. The minimum Gasteiger partial charge on any atom is -0.346 e. The second kappa shape index (κ2) is 7.50. The highest BCUT2D eigenvalue weighted by Gasteiger charge is 2.12. The Kier molecular flexibility index (Phi) is 5.42. The van der Waals surface area contributed by atoms with Crippen molar-refractivity contribution in [3.05, 3.63) is 77.9 Å². The third-order valence-corrected chi connectivity index (χ3v) is 3.37. The first-order valence-electron chi connectivity index (χ1n) is 7.19. The predicted molar refractivity (Wildman–Crippen MR) is 87.6 cm³/mol. The third kappa shape index (κ3) is 4.49. The van der Waals surface area contributed by atoms with E-state index < -0.39 is 11.7 Å². The number of hydrogen-bond donors (Lipinski definition) is 2. The molecule has 2 aromatic carbocycles. The molecule has 0 aliphatic carbocycles. The van der Waals surface area contributed by atoms with E-state index in [1.807, 2.05) is 0 Å². The van der Waals surface area contributed by atoms with Crippen LogP contribution in [0.4, 0.5) is 14.5 Å². The largest absolute Gasteiger partial charge is 0.346 e. The van der Waals surface area contributed by atoms with Gasteiger partial charge < -0.3 is 10.6 Å². The summed E-state index contributed by atoms with van der Waals surface area (Å²) in [5.41, 5.74) is 1.50. The van der Waals surface area contributed by atoms with E-state index in [0.717, 1.165) is 5.56 Å². The Morgan fingerprint density at radius 3 is 2.17 bits per heavy atom. The van der Waals surface area contributed by atoms with Crippen LogP contribution < -0.4 is 10.6 Å². The zero-order chi connectivity index (χ0) is 17.7. The number of nitrogens with one attached hydrogen (secondary N) is 2. The van der Waals surface area contributed by atoms with E-state index in [2.05, 4.69) is 17.2 Å². The smallest absolute Gasteiger partial charge is 0.283 e. The maximum absolute atomic E-state index is 12.9. The van der Waals surface area contributed by atoms with Crippen LogP contribution in [0.25, 0.3) is 0 Å². The normalized spacial score (nSPS) is 11.5. The summed E-state index contributed by atoms with van der Waals surface area (Å²) in [5.74, 6) is -2.69. The van der Waals surface area contributed by atoms with Crippen LogP contribution in [0.3, 0.4) is 0 Å². The summed E-state index contributed by atoms with van der Waals surface area (Å²) in [7, 11) is 0. The van der Waals surface area contributed by atoms with Gasteiger partial charge in [0.25, 0.3) is 11.8 Å². The molecule has 0 saturated heterocycles. The Morgan fingerprint density at radius 1 is 1.04 bits per heavy atom. The molecule has 4 nitrogen and oxygen atoms in total. The van der Waals surface area contributed by atoms with E-state index >= 15 is 0 Å². The van der Waals surface area contributed by atoms with Crippen molar-refractivity contribution in [3.8, 4) is 0 Å². The molecule has 6 heteroatoms. The van der Waals surface area contributed by atoms with Gasteiger partial charge in [0.15, 0.2) is 5.83 Å². The van der Waals surface area contributed by atoms with Crippen LogP contribution in [0, 0.1) is 5.82 Å². The minimum absolute atomic E-state index is 0.299. The molecule has 24 heavy (non-hydrogen) atoms. The molecule has 0 saturated carbocycles. The number of halogens is 2. The number of carbonyl (C=O) groups is 2. The van der Waals surface area contributed by atoms with E-state index in [0.29, 0.717) is 11.3 Å². The molecular formula is C18H16F2N2O2. The number of benzene rings is 2. The van der Waals surface area contributed by atoms with Crippen LogP contribution in [0.2, 0.25) is 0 Å². The van der Waals surface area contributed by atoms with Gasteiger partial charge in [-0.1, -0.05) is 18.7 Å². The molecule has 1 atom stereocenters. The first-order chi connectivity index (χ1) is 11.4. The van der Waals surface area contributed by atoms with E-state index in [9.17, 15) is 18.4 Å². The Morgan fingerprint density at radius 2 is 1.62 bits per heavy atom. The lowest BCUT2D eigenvalue weighted by Gasteiger charge is -2.14. The molecule has 2 N–H and O–H groups in total. The lowest BCUT2D eigenvalue weighted by Crippen LogP contribution is -2.26. The Bertz CT molecular complexity index is 756. The van der Waals surface area contributed by atoms with Gasteiger partial charge in [-0.2, -0.15) is 0 Å². The average Bonchev–Trinajstić information content (AvgIpc) is 2.55. The van der Waals surface area contributed by atoms with Gasteiger partial charge in [0.05, 0.1) is 6.04 Å². The first kappa shape index (κ1) is 17.3. The molecule has 0 bridgehead atoms. The van der Waals surface area contributed by atoms with Crippen LogP contribution in [-0.2, 0) is 4.79 Å². The molecule has 0 aliphatic rings. The fourth-order valence-electron chi connectivity index (χ4n) is 2.02. The highest BCUT2D eigenvalue weighted by Crippen LogP contribution is 2.15. The van der Waals surface area contributed by atoms with Crippen molar-refractivity contribution in [2.24, 2.45) is 0 Å². The molecule has 2 aromatic rings. The lowest BCUT2D eigenvalue weighted by atomic mass is 10.1. The number of amides is 2. The second-order valence-corrected chi connectivity index (χ2v) is 5.18. The molecule has 2 rings (SSSR count). The molecule has 0 heterocycles. The standard InChI is InChI=1S/C18H16F2N2O2/c1-11(19)17(23)22-16-9-5-14(6-10-16)18(24)21-12(2)13-3-7-15(20)8-4-13/h3-10,12H,1H2,2H3,(H,21,24)(H,22,23)/t12-/m0/s1. The van der Waals surface area contributed by atoms with Crippen LogP contribution >= 0.6 is 0 Å². The van der Waals surface area contributed by atoms with Crippen molar-refractivity contribution in [1.82, 2.24) is 5.32 Å². The van der Waals surface area contributed by atoms with Gasteiger partial charge in [-0.15, -0.1) is 0 Å². The quantitative estimate of drug-likeness (QED) is 0.821. The molecule has 0 spiro atoms. The van der Waals surface area contributed by atoms with Crippen LogP contribution in [0.5, 0.6) is 0 Å². The molecular weight excluding hydrogens is 314 g/mol. The summed E-state index contributed by atoms with van der Waals surface area (Å²) < 4.78 is 25.5. The van der Waals surface area contributed by atoms with Crippen LogP contribution in [0.1, 0.15) is 28.9 Å². The van der Waals surface area contributed by atoms with Crippen molar-refractivity contribution in [2.75, 3.05) is 5.32 Å². The summed E-state index contributed by atoms with van der Waals surface area (Å²) in [4.78, 5) is 23.4. The van der Waals surface area contributed by atoms with E-state index in [1.54, 1.807) is 19.1 Å². The second-order valence-electron chi connectivity index (χ2n) is 5.18. The van der Waals surface area contributed by atoms with Crippen molar-refractivity contribution >= 4 is 17.5 Å². The molecule has 0 radical (unpaired) electrons. The Hall–Kier alpha value is -3.02. The van der Waals surface area contributed by atoms with Crippen molar-refractivity contribution in [3.63, 3.8) is 0 Å². The zero-order valence-corrected chi connectivity index (χ0v) is 13.0. The van der Waals surface area contributed by atoms with Crippen molar-refractivity contribution in [2.45, 2.75) is 13.0 Å². The topological polar surface area (TPSA) is 58.2 Å². The van der Waals surface area contributed by atoms with Gasteiger partial charge in [-0.05, 0) is 48.9 Å². The molecule has 2 amide bonds. The van der Waals surface area contributed by atoms with Crippen LogP contribution in [-0.4, -0.2) is 11.8 Å². The third-order valence-electron chi connectivity index (χ3n) is 3.37. The highest BCUT2D eigenvalue weighted by atomic mass is 19.1. The molecule has 0 aromatic heterocycles. The number of carbonyl (C=O) groups excluding carboxylic acids is 2. The Labute approximate surface area is 138 Å². The summed E-state index contributed by atoms with van der Waals surface area (Å²) >= 11 is 0. The van der Waals surface area contributed by atoms with Gasteiger partial charge in [-0.3, -0.25) is 9.59 Å². The van der Waals surface area contributed by atoms with Gasteiger partial charge in [0, 0.05) is 11.3 Å². The summed E-state index contributed by atoms with van der Waals surface area (Å²) in [6, 6.07) is 11.5. The summed E-state index contributed by atoms with van der Waals surface area (Å²) in [6.07, 6.45) is 0. The average molecular weight is 330 g/mol. The minimum atomic E-state index is -1.09. The predicted octanol–water partition coefficient (Wildman–Crippen LogP) is 3.74. The van der Waals surface area contributed by atoms with E-state index in [-0.39, 0.29) is 17.8 Å². The van der Waals surface area contributed by atoms with Gasteiger partial charge in [0.1, 0.15) is 5.82 Å². The number of rotatable bonds is 5. The van der Waals surface area contributed by atoms with Gasteiger partial charge >= 0.3 is 0 Å². The molecule has 0 aliphatic heterocycles. The maximum atomic E-state index is 12.9. The van der Waals surface area contributed by atoms with Crippen molar-refractivity contribution < 1.29 is 18.4 Å². The summed E-state index contributed by atoms with van der Waals surface area (Å²) in [5, 5.41) is 5.09. The fraction of sp³-hybridized carbons (Fsp3) is 0.111. The number of hydrogen-bond acceptors (Lipinski definition) is 2. The first-order valence-corrected chi connectivity index (χ1v) is 7.19.